The zero-order chi connectivity index (χ0) is 17.6. The van der Waals surface area contributed by atoms with Gasteiger partial charge in [-0.05, 0) is 37.0 Å². The van der Waals surface area contributed by atoms with E-state index in [1.54, 1.807) is 13.1 Å². The van der Waals surface area contributed by atoms with Crippen molar-refractivity contribution in [3.63, 3.8) is 0 Å². The fourth-order valence-corrected chi connectivity index (χ4v) is 4.09. The molecule has 1 saturated carbocycles. The van der Waals surface area contributed by atoms with Gasteiger partial charge in [0.1, 0.15) is 0 Å². The minimum absolute atomic E-state index is 0.0283. The predicted molar refractivity (Wildman–Crippen MR) is 96.0 cm³/mol. The molecule has 6 nitrogen and oxygen atoms in total. The summed E-state index contributed by atoms with van der Waals surface area (Å²) < 4.78 is 28.4. The quantitative estimate of drug-likeness (QED) is 0.789. The first-order chi connectivity index (χ1) is 11.4. The number of anilines is 1. The molecule has 0 heterocycles. The first-order valence-corrected chi connectivity index (χ1v) is 9.98. The lowest BCUT2D eigenvalue weighted by atomic mass is 9.96. The second kappa shape index (κ2) is 8.60. The van der Waals surface area contributed by atoms with Gasteiger partial charge >= 0.3 is 0 Å². The molecule has 1 aromatic carbocycles. The van der Waals surface area contributed by atoms with Crippen LogP contribution < -0.4 is 10.0 Å². The van der Waals surface area contributed by atoms with E-state index in [9.17, 15) is 13.2 Å². The van der Waals surface area contributed by atoms with Crippen LogP contribution in [0.25, 0.3) is 0 Å². The van der Waals surface area contributed by atoms with Crippen molar-refractivity contribution < 1.29 is 13.2 Å². The standard InChI is InChI=1S/C17H27N3O3S/c1-3-14-8-7-9-15(12-14)19-17(21)13-18-24(22,23)20(2)16-10-5-4-6-11-16/h7-9,12,16,18H,3-6,10-11,13H2,1-2H3,(H,19,21). The smallest absolute Gasteiger partial charge is 0.279 e. The molecule has 0 aliphatic heterocycles. The van der Waals surface area contributed by atoms with Crippen LogP contribution >= 0.6 is 0 Å². The van der Waals surface area contributed by atoms with Crippen molar-refractivity contribution in [1.29, 1.82) is 0 Å². The van der Waals surface area contributed by atoms with Crippen LogP contribution in [0.4, 0.5) is 5.69 Å². The van der Waals surface area contributed by atoms with Gasteiger partial charge in [0, 0.05) is 18.8 Å². The molecule has 1 aliphatic rings. The number of carbonyl (C=O) groups excluding carboxylic acids is 1. The van der Waals surface area contributed by atoms with E-state index in [0.717, 1.165) is 44.1 Å². The molecule has 134 valence electrons. The number of nitrogens with one attached hydrogen (secondary N) is 2. The number of amides is 1. The lowest BCUT2D eigenvalue weighted by molar-refractivity contribution is -0.115. The minimum atomic E-state index is -3.64. The van der Waals surface area contributed by atoms with Crippen LogP contribution in [0.3, 0.4) is 0 Å². The van der Waals surface area contributed by atoms with Crippen LogP contribution in [0.5, 0.6) is 0 Å². The number of benzene rings is 1. The van der Waals surface area contributed by atoms with E-state index in [1.807, 2.05) is 25.1 Å². The summed E-state index contributed by atoms with van der Waals surface area (Å²) in [6.07, 6.45) is 5.91. The fraction of sp³-hybridized carbons (Fsp3) is 0.588. The summed E-state index contributed by atoms with van der Waals surface area (Å²) in [7, 11) is -2.05. The molecule has 2 rings (SSSR count). The van der Waals surface area contributed by atoms with Gasteiger partial charge in [0.15, 0.2) is 0 Å². The average Bonchev–Trinajstić information content (AvgIpc) is 2.60. The second-order valence-electron chi connectivity index (χ2n) is 6.24. The normalized spacial score (nSPS) is 16.3. The molecule has 2 N–H and O–H groups in total. The summed E-state index contributed by atoms with van der Waals surface area (Å²) >= 11 is 0. The van der Waals surface area contributed by atoms with E-state index >= 15 is 0 Å². The maximum atomic E-state index is 12.3. The SMILES string of the molecule is CCc1cccc(NC(=O)CNS(=O)(=O)N(C)C2CCCCC2)c1. The van der Waals surface area contributed by atoms with E-state index in [2.05, 4.69) is 10.0 Å². The van der Waals surface area contributed by atoms with E-state index in [0.29, 0.717) is 5.69 Å². The fourth-order valence-electron chi connectivity index (χ4n) is 2.97. The predicted octanol–water partition coefficient (Wildman–Crippen LogP) is 2.29. The van der Waals surface area contributed by atoms with E-state index < -0.39 is 10.2 Å². The van der Waals surface area contributed by atoms with Crippen LogP contribution in [0.15, 0.2) is 24.3 Å². The monoisotopic (exact) mass is 353 g/mol. The lowest BCUT2D eigenvalue weighted by Gasteiger charge is -2.30. The van der Waals surface area contributed by atoms with Gasteiger partial charge in [-0.2, -0.15) is 17.4 Å². The maximum absolute atomic E-state index is 12.3. The van der Waals surface area contributed by atoms with E-state index in [4.69, 9.17) is 0 Å². The highest BCUT2D eigenvalue weighted by Gasteiger charge is 2.27. The molecular formula is C17H27N3O3S. The van der Waals surface area contributed by atoms with Crippen LogP contribution in [-0.2, 0) is 21.4 Å². The zero-order valence-electron chi connectivity index (χ0n) is 14.4. The van der Waals surface area contributed by atoms with Crippen LogP contribution in [0.2, 0.25) is 0 Å². The maximum Gasteiger partial charge on any atom is 0.279 e. The van der Waals surface area contributed by atoms with E-state index in [-0.39, 0.29) is 18.5 Å². The Morgan fingerprint density at radius 2 is 1.96 bits per heavy atom. The van der Waals surface area contributed by atoms with Gasteiger partial charge in [0.25, 0.3) is 10.2 Å². The van der Waals surface area contributed by atoms with E-state index in [1.165, 1.54) is 4.31 Å². The first kappa shape index (κ1) is 18.9. The molecule has 0 unspecified atom stereocenters. The van der Waals surface area contributed by atoms with Crippen molar-refractivity contribution in [1.82, 2.24) is 9.03 Å². The largest absolute Gasteiger partial charge is 0.325 e. The van der Waals surface area contributed by atoms with Crippen molar-refractivity contribution in [2.75, 3.05) is 18.9 Å². The summed E-state index contributed by atoms with van der Waals surface area (Å²) in [6, 6.07) is 7.56. The van der Waals surface area contributed by atoms with Gasteiger partial charge in [0.05, 0.1) is 6.54 Å². The Morgan fingerprint density at radius 1 is 1.25 bits per heavy atom. The summed E-state index contributed by atoms with van der Waals surface area (Å²) in [6.45, 7) is 1.77. The molecule has 0 spiro atoms. The van der Waals surface area contributed by atoms with Gasteiger partial charge in [0.2, 0.25) is 5.91 Å². The third kappa shape index (κ3) is 5.29. The van der Waals surface area contributed by atoms with Gasteiger partial charge in [-0.15, -0.1) is 0 Å². The highest BCUT2D eigenvalue weighted by Crippen LogP contribution is 2.22. The molecular weight excluding hydrogens is 326 g/mol. The molecule has 0 radical (unpaired) electrons. The molecule has 1 aliphatic carbocycles. The Bertz CT molecular complexity index is 655. The van der Waals surface area contributed by atoms with Crippen LogP contribution in [-0.4, -0.2) is 38.3 Å². The minimum Gasteiger partial charge on any atom is -0.325 e. The first-order valence-electron chi connectivity index (χ1n) is 8.54. The van der Waals surface area contributed by atoms with Gasteiger partial charge < -0.3 is 5.32 Å². The Kier molecular flexibility index (Phi) is 6.77. The second-order valence-corrected chi connectivity index (χ2v) is 8.05. The highest BCUT2D eigenvalue weighted by molar-refractivity contribution is 7.87. The van der Waals surface area contributed by atoms with Crippen LogP contribution in [0.1, 0.15) is 44.6 Å². The molecule has 0 bridgehead atoms. The average molecular weight is 353 g/mol. The Labute approximate surface area is 144 Å². The molecule has 0 saturated heterocycles. The molecule has 1 amide bonds. The van der Waals surface area contributed by atoms with Crippen molar-refractivity contribution in [2.24, 2.45) is 0 Å². The summed E-state index contributed by atoms with van der Waals surface area (Å²) in [5.41, 5.74) is 1.80. The lowest BCUT2D eigenvalue weighted by Crippen LogP contribution is -2.46. The number of hydrogen-bond donors (Lipinski definition) is 2. The Balaban J connectivity index is 1.87. The van der Waals surface area contributed by atoms with Crippen molar-refractivity contribution in [3.8, 4) is 0 Å². The summed E-state index contributed by atoms with van der Waals surface area (Å²) in [5, 5.41) is 2.72. The number of aryl methyl sites for hydroxylation is 1. The number of carbonyl (C=O) groups is 1. The number of nitrogens with zero attached hydrogens (tertiary/aromatic N) is 1. The highest BCUT2D eigenvalue weighted by atomic mass is 32.2. The van der Waals surface area contributed by atoms with Gasteiger partial charge in [-0.3, -0.25) is 4.79 Å². The number of rotatable bonds is 7. The topological polar surface area (TPSA) is 78.5 Å². The Morgan fingerprint density at radius 3 is 2.62 bits per heavy atom. The molecule has 1 fully saturated rings. The molecule has 0 aromatic heterocycles. The van der Waals surface area contributed by atoms with Gasteiger partial charge in [-0.1, -0.05) is 38.3 Å². The summed E-state index contributed by atoms with van der Waals surface area (Å²) in [5.74, 6) is -0.371. The molecule has 7 heteroatoms. The molecule has 0 atom stereocenters. The third-order valence-electron chi connectivity index (χ3n) is 4.50. The zero-order valence-corrected chi connectivity index (χ0v) is 15.2. The third-order valence-corrected chi connectivity index (χ3v) is 6.07. The van der Waals surface area contributed by atoms with Crippen molar-refractivity contribution in [2.45, 2.75) is 51.5 Å². The van der Waals surface area contributed by atoms with Crippen molar-refractivity contribution >= 4 is 21.8 Å². The molecule has 24 heavy (non-hydrogen) atoms. The summed E-state index contributed by atoms with van der Waals surface area (Å²) in [4.78, 5) is 12.0. The number of hydrogen-bond acceptors (Lipinski definition) is 3. The van der Waals surface area contributed by atoms with Crippen LogP contribution in [0, 0.1) is 0 Å². The van der Waals surface area contributed by atoms with Gasteiger partial charge in [-0.25, -0.2) is 0 Å². The van der Waals surface area contributed by atoms with Crippen molar-refractivity contribution in [3.05, 3.63) is 29.8 Å². The Hall–Kier alpha value is -1.44. The molecule has 1 aromatic rings.